The molecule has 0 unspecified atom stereocenters. The van der Waals surface area contributed by atoms with Gasteiger partial charge in [-0.15, -0.1) is 0 Å². The molecular weight excluding hydrogens is 1860 g/mol. The fraction of sp³-hybridized carbons (Fsp3) is 0.351. The number of urea groups is 12. The van der Waals surface area contributed by atoms with Crippen LogP contribution in [0.25, 0.3) is 0 Å². The van der Waals surface area contributed by atoms with Gasteiger partial charge in [0.15, 0.2) is 0 Å². The van der Waals surface area contributed by atoms with Crippen LogP contribution in [0.5, 0.6) is 0 Å². The van der Waals surface area contributed by atoms with Crippen molar-refractivity contribution >= 4 is 141 Å². The molecule has 774 valence electrons. The van der Waals surface area contributed by atoms with Crippen molar-refractivity contribution in [3.05, 3.63) is 276 Å². The highest BCUT2D eigenvalue weighted by Gasteiger charge is 2.31. The highest BCUT2D eigenvalue weighted by molar-refractivity contribution is 6.05. The summed E-state index contributed by atoms with van der Waals surface area (Å²) in [7, 11) is 0. The highest BCUT2D eigenvalue weighted by Crippen LogP contribution is 2.39. The van der Waals surface area contributed by atoms with Gasteiger partial charge in [-0.3, -0.25) is 0 Å². The number of aryl methyl sites for hydroxylation is 6. The first-order valence-electron chi connectivity index (χ1n) is 50.4. The Morgan fingerprint density at radius 3 is 0.361 bits per heavy atom. The molecule has 24 amide bonds. The molecule has 36 heteroatoms. The maximum Gasteiger partial charge on any atom is 0.319 e. The van der Waals surface area contributed by atoms with Crippen LogP contribution in [0.3, 0.4) is 0 Å². The van der Waals surface area contributed by atoms with Crippen LogP contribution in [0.4, 0.5) is 126 Å². The van der Waals surface area contributed by atoms with Crippen molar-refractivity contribution < 1.29 is 57.5 Å². The molecule has 16 rings (SSSR count). The number of carbonyl (C=O) groups excluding carboxylic acids is 12. The fourth-order valence-electron chi connectivity index (χ4n) is 20.5. The Labute approximate surface area is 858 Å². The largest absolute Gasteiger partial charge is 0.334 e. The molecule has 0 saturated heterocycles. The van der Waals surface area contributed by atoms with Crippen molar-refractivity contribution in [2.24, 2.45) is 0 Å². The van der Waals surface area contributed by atoms with Crippen LogP contribution in [-0.2, 0) is 136 Å². The SMILES string of the molecule is CCc1c2c(CC)c3c(CC)c1CNC(=O)Nc1cc(C)ccc1NC(=O)NCc1c(C)c(c(C)c(c1C)CNC(=O)Nc1ccc(C)cc1NC(=O)NC3)CNC(=O)Nc1ccc(C)cc1NC(=O)NC2.CCc1c2c(CC)c3c(CC)c1CNC(=O)Nc1ccc(C)cc1NC(=O)NCc1c(CC)c(c(CC)c(c1CC)CNC(=O)Nc1cc(C)ccc1NC(=O)NC3)CNC(=O)Nc1cc(C)ccc1NC(=O)NC2. The maximum absolute atomic E-state index is 14.1. The molecule has 0 spiro atoms. The topological polar surface area (TPSA) is 494 Å². The van der Waals surface area contributed by atoms with Gasteiger partial charge >= 0.3 is 72.4 Å². The Bertz CT molecular complexity index is 6110. The van der Waals surface area contributed by atoms with Gasteiger partial charge in [0.05, 0.1) is 68.2 Å². The van der Waals surface area contributed by atoms with Gasteiger partial charge in [-0.1, -0.05) is 98.7 Å². The molecule has 147 heavy (non-hydrogen) atoms. The van der Waals surface area contributed by atoms with E-state index in [9.17, 15) is 57.5 Å². The Kier molecular flexibility index (Phi) is 36.0. The average molecular weight is 2000 g/mol. The molecule has 6 aliphatic rings. The number of carbonyl (C=O) groups is 12. The fourth-order valence-corrected chi connectivity index (χ4v) is 20.5. The summed E-state index contributed by atoms with van der Waals surface area (Å²) in [5.41, 5.74) is 30.3. The van der Waals surface area contributed by atoms with Crippen LogP contribution < -0.4 is 128 Å². The van der Waals surface area contributed by atoms with Crippen LogP contribution in [0.1, 0.15) is 229 Å². The van der Waals surface area contributed by atoms with E-state index in [1.165, 1.54) is 0 Å². The van der Waals surface area contributed by atoms with Crippen LogP contribution in [0, 0.1) is 62.3 Å². The summed E-state index contributed by atoms with van der Waals surface area (Å²) in [6.45, 7) is 36.3. The minimum Gasteiger partial charge on any atom is -0.334 e. The highest BCUT2D eigenvalue weighted by atomic mass is 16.2. The van der Waals surface area contributed by atoms with Crippen LogP contribution in [-0.4, -0.2) is 72.4 Å². The summed E-state index contributed by atoms with van der Waals surface area (Å²) in [6, 6.07) is 25.9. The number of fused-ring (bicyclic) bond motifs is 36. The van der Waals surface area contributed by atoms with E-state index in [0.717, 1.165) is 167 Å². The molecule has 0 aliphatic carbocycles. The molecule has 6 aliphatic heterocycles. The smallest absolute Gasteiger partial charge is 0.319 e. The molecule has 0 radical (unpaired) electrons. The summed E-state index contributed by atoms with van der Waals surface area (Å²) in [4.78, 5) is 168. The Morgan fingerprint density at radius 1 is 0.150 bits per heavy atom. The summed E-state index contributed by atoms with van der Waals surface area (Å²) in [5.74, 6) is 0. The van der Waals surface area contributed by atoms with Gasteiger partial charge in [-0.2, -0.15) is 0 Å². The number of rotatable bonds is 9. The molecule has 0 saturated carbocycles. The van der Waals surface area contributed by atoms with Crippen molar-refractivity contribution in [2.45, 2.75) is 261 Å². The third kappa shape index (κ3) is 26.2. The number of hydrogen-bond donors (Lipinski definition) is 24. The third-order valence-corrected chi connectivity index (χ3v) is 27.6. The quantitative estimate of drug-likeness (QED) is 0.0641. The van der Waals surface area contributed by atoms with Gasteiger partial charge in [0.1, 0.15) is 0 Å². The van der Waals surface area contributed by atoms with E-state index in [-0.39, 0.29) is 78.5 Å². The van der Waals surface area contributed by atoms with Crippen molar-refractivity contribution in [3.63, 3.8) is 0 Å². The lowest BCUT2D eigenvalue weighted by Crippen LogP contribution is -2.35. The first-order chi connectivity index (χ1) is 70.6. The lowest BCUT2D eigenvalue weighted by atomic mass is 9.83. The van der Waals surface area contributed by atoms with E-state index in [4.69, 9.17) is 0 Å². The van der Waals surface area contributed by atoms with E-state index >= 15 is 0 Å². The van der Waals surface area contributed by atoms with E-state index in [0.29, 0.717) is 126 Å². The summed E-state index contributed by atoms with van der Waals surface area (Å²) < 4.78 is 0. The zero-order chi connectivity index (χ0) is 106. The lowest BCUT2D eigenvalue weighted by Gasteiger charge is -2.27. The van der Waals surface area contributed by atoms with E-state index in [2.05, 4.69) is 128 Å². The normalized spacial score (nSPS) is 14.9. The summed E-state index contributed by atoms with van der Waals surface area (Å²) in [5, 5.41) is 72.1. The number of hydrogen-bond acceptors (Lipinski definition) is 12. The van der Waals surface area contributed by atoms with Gasteiger partial charge < -0.3 is 128 Å². The van der Waals surface area contributed by atoms with Crippen molar-refractivity contribution in [1.29, 1.82) is 0 Å². The monoisotopic (exact) mass is 2000 g/mol. The van der Waals surface area contributed by atoms with Crippen LogP contribution in [0.2, 0.25) is 0 Å². The maximum atomic E-state index is 14.1. The number of anilines is 12. The van der Waals surface area contributed by atoms with Crippen LogP contribution in [0.15, 0.2) is 109 Å². The van der Waals surface area contributed by atoms with Gasteiger partial charge in [-0.25, -0.2) is 57.5 Å². The van der Waals surface area contributed by atoms with E-state index in [1.54, 1.807) is 72.8 Å². The van der Waals surface area contributed by atoms with E-state index in [1.807, 2.05) is 161 Å². The van der Waals surface area contributed by atoms with Gasteiger partial charge in [-0.05, 0) is 360 Å². The molecule has 0 aromatic heterocycles. The van der Waals surface area contributed by atoms with Gasteiger partial charge in [0.2, 0.25) is 0 Å². The second-order valence-corrected chi connectivity index (χ2v) is 37.1. The Balaban J connectivity index is 0.000000246. The Hall–Kier alpha value is -16.6. The summed E-state index contributed by atoms with van der Waals surface area (Å²) in [6.07, 6.45) is 4.95. The predicted molar refractivity (Wildman–Crippen MR) is 582 cm³/mol. The molecule has 0 atom stereocenters. The second kappa shape index (κ2) is 49.1. The third-order valence-electron chi connectivity index (χ3n) is 27.6. The molecule has 10 aromatic rings. The molecule has 12 bridgehead atoms. The van der Waals surface area contributed by atoms with Gasteiger partial charge in [0.25, 0.3) is 0 Å². The molecule has 6 heterocycles. The number of benzene rings is 10. The van der Waals surface area contributed by atoms with Crippen molar-refractivity contribution in [3.8, 4) is 0 Å². The molecule has 10 aromatic carbocycles. The minimum absolute atomic E-state index is 0.0680. The van der Waals surface area contributed by atoms with Gasteiger partial charge in [0, 0.05) is 78.5 Å². The zero-order valence-corrected chi connectivity index (χ0v) is 87.1. The number of amides is 24. The standard InChI is InChI=1S/C57H72N12O6.C54H66N12O6/c1-10-34-40-25-58-52(70)64-46-19-16-31(7)22-49(46)67-55(73)61-28-43-37(13-4)44-29-62-56(74)68-50-23-32(8)17-20-47(50)65-53(71)59-26-41(34)36(12-3)42(35(40)11-2)27-60-54(72)66-48-21-18-33(9)24-51(48)69-57(75)63-30-45(38(43)14-5)39(44)15-6;1-10-34-40-25-58-52(70)64-46-19-28(4)13-16-43(46)61-49(67)55-22-37-31(7)38-23-56-50(68)62-44-17-14-29(5)20-47(44)65-53(71)59-26-41(34)36(12-3)42(35(40)11-2)27-60-54(72)66-48-21-30(6)15-18-45(48)63-51(69)57-24-39(32(37)8)33(38)9/h16-24H,10-15,25-30H2,1-9H3,(H2,58,64,70)(H2,59,65,71)(H2,60,66,72)(H2,61,67,73)(H2,62,68,74)(H2,63,69,75);13-21H,10-12,22-27H2,1-9H3,(H2,55,61,67)(H2,56,62,68)(H2,57,63,69)(H2,58,64,70)(H2,59,65,71)(H2,60,66,72). The first kappa shape index (κ1) is 108. The minimum atomic E-state index is -0.525. The van der Waals surface area contributed by atoms with E-state index < -0.39 is 72.4 Å². The predicted octanol–water partition coefficient (Wildman–Crippen LogP) is 20.3. The van der Waals surface area contributed by atoms with Crippen LogP contribution >= 0.6 is 0 Å². The molecule has 24 N–H and O–H groups in total. The zero-order valence-electron chi connectivity index (χ0n) is 87.1. The average Bonchev–Trinajstić information content (AvgIpc) is 0.773. The number of nitrogens with one attached hydrogen (secondary N) is 24. The lowest BCUT2D eigenvalue weighted by molar-refractivity contribution is 0.250. The first-order valence-corrected chi connectivity index (χ1v) is 50.4. The molecule has 36 nitrogen and oxygen atoms in total. The summed E-state index contributed by atoms with van der Waals surface area (Å²) >= 11 is 0. The molecule has 0 fully saturated rings. The Morgan fingerprint density at radius 2 is 0.252 bits per heavy atom. The second-order valence-electron chi connectivity index (χ2n) is 37.1. The van der Waals surface area contributed by atoms with Crippen molar-refractivity contribution in [2.75, 3.05) is 63.8 Å². The van der Waals surface area contributed by atoms with Crippen molar-refractivity contribution in [1.82, 2.24) is 63.8 Å². The molecular formula is C111H138N24O12.